The van der Waals surface area contributed by atoms with Crippen LogP contribution in [-0.4, -0.2) is 37.6 Å². The number of rotatable bonds is 6. The zero-order valence-corrected chi connectivity index (χ0v) is 18.9. The Kier molecular flexibility index (Phi) is 5.55. The topological polar surface area (TPSA) is 32.6 Å². The van der Waals surface area contributed by atoms with Gasteiger partial charge in [-0.15, -0.1) is 0 Å². The van der Waals surface area contributed by atoms with Gasteiger partial charge >= 0.3 is 7.12 Å². The molecule has 1 aliphatic rings. The lowest BCUT2D eigenvalue weighted by Crippen LogP contribution is -2.41. The van der Waals surface area contributed by atoms with Gasteiger partial charge in [0.1, 0.15) is 6.73 Å². The lowest BCUT2D eigenvalue weighted by molar-refractivity contribution is 0.00578. The number of ether oxygens (including phenoxy) is 1. The maximum atomic E-state index is 14.7. The van der Waals surface area contributed by atoms with Crippen LogP contribution in [-0.2, 0) is 20.8 Å². The Labute approximate surface area is 167 Å². The third kappa shape index (κ3) is 4.06. The second-order valence-electron chi connectivity index (χ2n) is 9.75. The van der Waals surface area contributed by atoms with Gasteiger partial charge in [-0.25, -0.2) is 8.78 Å². The number of halogens is 2. The first-order valence-electron chi connectivity index (χ1n) is 9.72. The van der Waals surface area contributed by atoms with E-state index in [9.17, 15) is 8.78 Å². The monoisotopic (exact) mass is 409 g/mol. The molecular weight excluding hydrogens is 379 g/mol. The Morgan fingerprint density at radius 1 is 1.07 bits per heavy atom. The van der Waals surface area contributed by atoms with Gasteiger partial charge in [-0.3, -0.25) is 0 Å². The van der Waals surface area contributed by atoms with E-state index in [0.717, 1.165) is 12.1 Å². The molecule has 0 bridgehead atoms. The lowest BCUT2D eigenvalue weighted by atomic mass is 9.79. The quantitative estimate of drug-likeness (QED) is 0.519. The molecule has 8 heteroatoms. The van der Waals surface area contributed by atoms with Gasteiger partial charge in [-0.1, -0.05) is 19.6 Å². The molecule has 2 aromatic rings. The van der Waals surface area contributed by atoms with Crippen LogP contribution in [0.5, 0.6) is 0 Å². The van der Waals surface area contributed by atoms with E-state index in [2.05, 4.69) is 19.6 Å². The highest BCUT2D eigenvalue weighted by Gasteiger charge is 2.52. The van der Waals surface area contributed by atoms with E-state index in [1.165, 1.54) is 0 Å². The predicted octanol–water partition coefficient (Wildman–Crippen LogP) is 4.53. The van der Waals surface area contributed by atoms with Crippen LogP contribution in [0.15, 0.2) is 18.3 Å². The van der Waals surface area contributed by atoms with Crippen molar-refractivity contribution >= 4 is 31.6 Å². The number of hydrogen-bond donors (Lipinski definition) is 0. The second kappa shape index (κ2) is 7.23. The summed E-state index contributed by atoms with van der Waals surface area (Å²) >= 11 is 0. The molecule has 1 aliphatic heterocycles. The average molecular weight is 409 g/mol. The van der Waals surface area contributed by atoms with Crippen LogP contribution in [0.2, 0.25) is 25.7 Å². The van der Waals surface area contributed by atoms with Crippen molar-refractivity contribution in [3.05, 3.63) is 30.0 Å². The highest BCUT2D eigenvalue weighted by atomic mass is 28.3. The molecule has 2 heterocycles. The molecule has 4 nitrogen and oxygen atoms in total. The van der Waals surface area contributed by atoms with Gasteiger partial charge in [0.2, 0.25) is 0 Å². The molecule has 0 amide bonds. The van der Waals surface area contributed by atoms with E-state index in [1.54, 1.807) is 16.8 Å². The summed E-state index contributed by atoms with van der Waals surface area (Å²) in [5, 5.41) is 0.187. The van der Waals surface area contributed by atoms with Crippen molar-refractivity contribution in [2.45, 2.75) is 71.3 Å². The third-order valence-electron chi connectivity index (χ3n) is 5.70. The zero-order chi connectivity index (χ0) is 20.9. The Balaban J connectivity index is 1.94. The first kappa shape index (κ1) is 21.5. The Bertz CT molecular complexity index is 860. The normalized spacial score (nSPS) is 19.0. The van der Waals surface area contributed by atoms with Crippen molar-refractivity contribution in [1.29, 1.82) is 0 Å². The van der Waals surface area contributed by atoms with Crippen LogP contribution < -0.4 is 5.46 Å². The largest absolute Gasteiger partial charge is 0.497 e. The molecular formula is C20H30BF2NO3Si. The van der Waals surface area contributed by atoms with Gasteiger partial charge in [0.15, 0.2) is 11.6 Å². The Morgan fingerprint density at radius 2 is 1.68 bits per heavy atom. The predicted molar refractivity (Wildman–Crippen MR) is 112 cm³/mol. The van der Waals surface area contributed by atoms with Gasteiger partial charge < -0.3 is 18.6 Å². The van der Waals surface area contributed by atoms with E-state index < -0.39 is 38.0 Å². The van der Waals surface area contributed by atoms with Crippen LogP contribution in [0.4, 0.5) is 8.78 Å². The van der Waals surface area contributed by atoms with E-state index >= 15 is 0 Å². The van der Waals surface area contributed by atoms with Gasteiger partial charge in [0, 0.05) is 31.7 Å². The molecule has 3 rings (SSSR count). The van der Waals surface area contributed by atoms with E-state index in [4.69, 9.17) is 14.0 Å². The van der Waals surface area contributed by atoms with Gasteiger partial charge in [-0.2, -0.15) is 0 Å². The van der Waals surface area contributed by atoms with Gasteiger partial charge in [0.25, 0.3) is 0 Å². The molecule has 0 aliphatic carbocycles. The highest BCUT2D eigenvalue weighted by molar-refractivity contribution is 6.76. The second-order valence-corrected chi connectivity index (χ2v) is 15.4. The molecule has 0 unspecified atom stereocenters. The number of benzene rings is 1. The van der Waals surface area contributed by atoms with Crippen molar-refractivity contribution in [2.24, 2.45) is 0 Å². The molecule has 0 radical (unpaired) electrons. The average Bonchev–Trinajstić information content (AvgIpc) is 3.02. The smallest absolute Gasteiger partial charge is 0.399 e. The number of nitrogens with zero attached hydrogens (tertiary/aromatic N) is 1. The van der Waals surface area contributed by atoms with Gasteiger partial charge in [-0.05, 0) is 45.9 Å². The molecule has 28 heavy (non-hydrogen) atoms. The maximum absolute atomic E-state index is 14.7. The summed E-state index contributed by atoms with van der Waals surface area (Å²) in [4.78, 5) is 0. The van der Waals surface area contributed by atoms with E-state index in [0.29, 0.717) is 17.6 Å². The number of aromatic nitrogens is 1. The minimum Gasteiger partial charge on any atom is -0.399 e. The number of hydrogen-bond acceptors (Lipinski definition) is 3. The van der Waals surface area contributed by atoms with Crippen LogP contribution in [0.1, 0.15) is 27.7 Å². The SMILES string of the molecule is CC1(C)OB(c2cn(COCC[Si](C)(C)C)c3ccc(F)c(F)c23)OC1(C)C. The minimum absolute atomic E-state index is 0.187. The third-order valence-corrected chi connectivity index (χ3v) is 7.40. The standard InChI is InChI=1S/C20H30BF2NO3Si/c1-19(2)20(3,4)27-21(26-19)14-12-24(13-25-10-11-28(5,6)7)16-9-8-15(22)18(23)17(14)16/h8-9,12H,10-11,13H2,1-7H3. The molecule has 0 atom stereocenters. The fourth-order valence-corrected chi connectivity index (χ4v) is 3.91. The fraction of sp³-hybridized carbons (Fsp3) is 0.600. The van der Waals surface area contributed by atoms with Crippen LogP contribution >= 0.6 is 0 Å². The minimum atomic E-state index is -1.20. The summed E-state index contributed by atoms with van der Waals surface area (Å²) in [6.07, 6.45) is 1.75. The summed E-state index contributed by atoms with van der Waals surface area (Å²) < 4.78 is 48.5. The maximum Gasteiger partial charge on any atom is 0.497 e. The van der Waals surface area contributed by atoms with Gasteiger partial charge in [0.05, 0.1) is 16.7 Å². The molecule has 0 spiro atoms. The van der Waals surface area contributed by atoms with Crippen LogP contribution in [0, 0.1) is 11.6 Å². The molecule has 0 saturated carbocycles. The summed E-state index contributed by atoms with van der Waals surface area (Å²) in [5.74, 6) is -1.77. The molecule has 1 saturated heterocycles. The molecule has 154 valence electrons. The van der Waals surface area contributed by atoms with Crippen molar-refractivity contribution in [3.63, 3.8) is 0 Å². The summed E-state index contributed by atoms with van der Waals surface area (Å²) in [6, 6.07) is 3.76. The fourth-order valence-electron chi connectivity index (χ4n) is 3.15. The zero-order valence-electron chi connectivity index (χ0n) is 17.9. The first-order valence-corrected chi connectivity index (χ1v) is 13.4. The summed E-state index contributed by atoms with van der Waals surface area (Å²) in [6.45, 7) is 15.5. The van der Waals surface area contributed by atoms with Crippen LogP contribution in [0.25, 0.3) is 10.9 Å². The first-order chi connectivity index (χ1) is 12.8. The summed E-state index contributed by atoms with van der Waals surface area (Å²) in [5.41, 5.74) is -0.0796. The van der Waals surface area contributed by atoms with Crippen molar-refractivity contribution < 1.29 is 22.8 Å². The molecule has 1 fully saturated rings. The molecule has 0 N–H and O–H groups in total. The van der Waals surface area contributed by atoms with Crippen molar-refractivity contribution in [2.75, 3.05) is 6.61 Å². The van der Waals surface area contributed by atoms with E-state index in [-0.39, 0.29) is 12.1 Å². The number of fused-ring (bicyclic) bond motifs is 1. The summed E-state index contributed by atoms with van der Waals surface area (Å²) in [7, 11) is -1.97. The highest BCUT2D eigenvalue weighted by Crippen LogP contribution is 2.37. The van der Waals surface area contributed by atoms with Crippen LogP contribution in [0.3, 0.4) is 0 Å². The molecule has 1 aromatic heterocycles. The van der Waals surface area contributed by atoms with E-state index in [1.807, 2.05) is 27.7 Å². The molecule has 1 aromatic carbocycles. The van der Waals surface area contributed by atoms with Crippen molar-refractivity contribution in [3.8, 4) is 0 Å². The lowest BCUT2D eigenvalue weighted by Gasteiger charge is -2.32. The Hall–Kier alpha value is -1.22. The Morgan fingerprint density at radius 3 is 2.25 bits per heavy atom. The van der Waals surface area contributed by atoms with Crippen molar-refractivity contribution in [1.82, 2.24) is 4.57 Å².